The number of hydrogen-bond acceptors (Lipinski definition) is 5. The molecule has 0 bridgehead atoms. The van der Waals surface area contributed by atoms with E-state index in [9.17, 15) is 4.79 Å². The maximum absolute atomic E-state index is 12.0. The molecule has 0 aliphatic carbocycles. The molecule has 6 heteroatoms. The molecule has 5 nitrogen and oxygen atoms in total. The van der Waals surface area contributed by atoms with Gasteiger partial charge in [0.1, 0.15) is 5.69 Å². The molecule has 0 saturated carbocycles. The molecule has 23 heavy (non-hydrogen) atoms. The van der Waals surface area contributed by atoms with Crippen molar-refractivity contribution >= 4 is 17.2 Å². The first-order valence-electron chi connectivity index (χ1n) is 7.37. The fourth-order valence-electron chi connectivity index (χ4n) is 2.27. The Kier molecular flexibility index (Phi) is 4.83. The van der Waals surface area contributed by atoms with Crippen LogP contribution >= 0.6 is 11.3 Å². The maximum atomic E-state index is 12.0. The molecule has 3 aromatic rings. The van der Waals surface area contributed by atoms with E-state index < -0.39 is 0 Å². The number of nitrogens with one attached hydrogen (secondary N) is 1. The van der Waals surface area contributed by atoms with Crippen LogP contribution in [0.5, 0.6) is 0 Å². The Morgan fingerprint density at radius 2 is 2.17 bits per heavy atom. The first-order chi connectivity index (χ1) is 11.2. The van der Waals surface area contributed by atoms with Crippen molar-refractivity contribution in [3.05, 3.63) is 58.4 Å². The van der Waals surface area contributed by atoms with Crippen molar-refractivity contribution in [3.8, 4) is 11.5 Å². The van der Waals surface area contributed by atoms with Gasteiger partial charge in [0.05, 0.1) is 18.5 Å². The molecule has 0 atom stereocenters. The molecule has 0 unspecified atom stereocenters. The van der Waals surface area contributed by atoms with Crippen LogP contribution in [-0.2, 0) is 17.8 Å². The van der Waals surface area contributed by atoms with Gasteiger partial charge >= 0.3 is 0 Å². The number of rotatable bonds is 6. The van der Waals surface area contributed by atoms with Gasteiger partial charge in [-0.3, -0.25) is 9.78 Å². The van der Waals surface area contributed by atoms with Crippen LogP contribution in [-0.4, -0.2) is 15.9 Å². The highest BCUT2D eigenvalue weighted by Gasteiger charge is 2.12. The molecule has 0 spiro atoms. The van der Waals surface area contributed by atoms with E-state index in [4.69, 9.17) is 4.42 Å². The summed E-state index contributed by atoms with van der Waals surface area (Å²) >= 11 is 1.69. The summed E-state index contributed by atoms with van der Waals surface area (Å²) in [4.78, 5) is 21.9. The van der Waals surface area contributed by atoms with Crippen LogP contribution in [0.2, 0.25) is 0 Å². The van der Waals surface area contributed by atoms with E-state index >= 15 is 0 Å². The second kappa shape index (κ2) is 7.19. The van der Waals surface area contributed by atoms with Gasteiger partial charge < -0.3 is 9.73 Å². The molecule has 3 heterocycles. The van der Waals surface area contributed by atoms with Gasteiger partial charge in [-0.1, -0.05) is 0 Å². The summed E-state index contributed by atoms with van der Waals surface area (Å²) in [6.07, 6.45) is 6.06. The van der Waals surface area contributed by atoms with Gasteiger partial charge in [0.25, 0.3) is 0 Å². The third-order valence-electron chi connectivity index (χ3n) is 3.53. The van der Waals surface area contributed by atoms with Crippen molar-refractivity contribution in [2.75, 3.05) is 0 Å². The molecule has 118 valence electrons. The minimum Gasteiger partial charge on any atom is -0.463 e. The normalized spacial score (nSPS) is 10.7. The van der Waals surface area contributed by atoms with E-state index in [1.54, 1.807) is 36.1 Å². The van der Waals surface area contributed by atoms with Crippen molar-refractivity contribution in [3.63, 3.8) is 0 Å². The van der Waals surface area contributed by atoms with Gasteiger partial charge in [-0.15, -0.1) is 11.3 Å². The van der Waals surface area contributed by atoms with E-state index in [1.165, 1.54) is 10.4 Å². The summed E-state index contributed by atoms with van der Waals surface area (Å²) in [5.74, 6) is 0.658. The monoisotopic (exact) mass is 327 g/mol. The van der Waals surface area contributed by atoms with E-state index in [1.807, 2.05) is 6.07 Å². The third-order valence-corrected chi connectivity index (χ3v) is 4.61. The first-order valence-corrected chi connectivity index (χ1v) is 8.25. The second-order valence-corrected chi connectivity index (χ2v) is 6.13. The Bertz CT molecular complexity index is 781. The Morgan fingerprint density at radius 3 is 2.91 bits per heavy atom. The molecule has 0 fully saturated rings. The number of thiophene rings is 1. The summed E-state index contributed by atoms with van der Waals surface area (Å²) in [7, 11) is 0. The largest absolute Gasteiger partial charge is 0.463 e. The van der Waals surface area contributed by atoms with Gasteiger partial charge in [-0.05, 0) is 42.5 Å². The molecule has 0 aliphatic rings. The molecule has 0 aliphatic heterocycles. The minimum absolute atomic E-state index is 0.00819. The Labute approximate surface area is 138 Å². The van der Waals surface area contributed by atoms with Gasteiger partial charge in [-0.25, -0.2) is 4.98 Å². The maximum Gasteiger partial charge on any atom is 0.220 e. The van der Waals surface area contributed by atoms with Crippen molar-refractivity contribution in [2.45, 2.75) is 26.3 Å². The predicted molar refractivity (Wildman–Crippen MR) is 89.0 cm³/mol. The Balaban J connectivity index is 1.58. The summed E-state index contributed by atoms with van der Waals surface area (Å²) in [5, 5.41) is 4.96. The van der Waals surface area contributed by atoms with Crippen molar-refractivity contribution < 1.29 is 9.21 Å². The number of nitrogens with zero attached hydrogens (tertiary/aromatic N) is 2. The highest BCUT2D eigenvalue weighted by atomic mass is 32.1. The van der Waals surface area contributed by atoms with E-state index in [2.05, 4.69) is 33.7 Å². The number of furan rings is 1. The summed E-state index contributed by atoms with van der Waals surface area (Å²) in [6, 6.07) is 5.71. The van der Waals surface area contributed by atoms with Gasteiger partial charge in [0.15, 0.2) is 5.76 Å². The van der Waals surface area contributed by atoms with Crippen molar-refractivity contribution in [2.24, 2.45) is 0 Å². The number of aryl methyl sites for hydroxylation is 2. The SMILES string of the molecule is Cc1ccsc1CCC(=O)NCc1nccnc1-c1ccco1. The summed E-state index contributed by atoms with van der Waals surface area (Å²) < 4.78 is 5.36. The molecule has 3 rings (SSSR count). The second-order valence-electron chi connectivity index (χ2n) is 5.13. The standard InChI is InChI=1S/C17H17N3O2S/c1-12-6-10-23-15(12)4-5-16(21)20-11-13-17(19-8-7-18-13)14-3-2-9-22-14/h2-3,6-10H,4-5,11H2,1H3,(H,20,21). The molecular weight excluding hydrogens is 310 g/mol. The molecule has 0 radical (unpaired) electrons. The lowest BCUT2D eigenvalue weighted by atomic mass is 10.2. The average molecular weight is 327 g/mol. The van der Waals surface area contributed by atoms with Crippen LogP contribution in [0.4, 0.5) is 0 Å². The molecule has 0 saturated heterocycles. The van der Waals surface area contributed by atoms with E-state index in [0.29, 0.717) is 30.1 Å². The Morgan fingerprint density at radius 1 is 1.30 bits per heavy atom. The molecule has 0 aromatic carbocycles. The van der Waals surface area contributed by atoms with Crippen LogP contribution in [0.15, 0.2) is 46.7 Å². The lowest BCUT2D eigenvalue weighted by Gasteiger charge is -2.07. The van der Waals surface area contributed by atoms with Crippen LogP contribution in [0.1, 0.15) is 22.6 Å². The number of hydrogen-bond donors (Lipinski definition) is 1. The summed E-state index contributed by atoms with van der Waals surface area (Å²) in [6.45, 7) is 2.41. The number of amides is 1. The van der Waals surface area contributed by atoms with Crippen LogP contribution in [0, 0.1) is 6.92 Å². The average Bonchev–Trinajstić information content (AvgIpc) is 3.23. The van der Waals surface area contributed by atoms with Crippen molar-refractivity contribution in [1.29, 1.82) is 0 Å². The number of aromatic nitrogens is 2. The summed E-state index contributed by atoms with van der Waals surface area (Å²) in [5.41, 5.74) is 2.60. The molecular formula is C17H17N3O2S. The highest BCUT2D eigenvalue weighted by molar-refractivity contribution is 7.10. The fraction of sp³-hybridized carbons (Fsp3) is 0.235. The zero-order valence-electron chi connectivity index (χ0n) is 12.8. The van der Waals surface area contributed by atoms with Crippen molar-refractivity contribution in [1.82, 2.24) is 15.3 Å². The van der Waals surface area contributed by atoms with Gasteiger partial charge in [-0.2, -0.15) is 0 Å². The number of carbonyl (C=O) groups is 1. The third kappa shape index (κ3) is 3.84. The van der Waals surface area contributed by atoms with Crippen LogP contribution in [0.3, 0.4) is 0 Å². The first kappa shape index (κ1) is 15.4. The van der Waals surface area contributed by atoms with Gasteiger partial charge in [0, 0.05) is 23.7 Å². The van der Waals surface area contributed by atoms with Crippen LogP contribution < -0.4 is 5.32 Å². The topological polar surface area (TPSA) is 68.0 Å². The Hall–Kier alpha value is -2.47. The smallest absolute Gasteiger partial charge is 0.220 e. The van der Waals surface area contributed by atoms with Crippen LogP contribution in [0.25, 0.3) is 11.5 Å². The fourth-order valence-corrected chi connectivity index (χ4v) is 3.18. The zero-order valence-corrected chi connectivity index (χ0v) is 13.6. The zero-order chi connectivity index (χ0) is 16.1. The quantitative estimate of drug-likeness (QED) is 0.754. The molecule has 1 N–H and O–H groups in total. The highest BCUT2D eigenvalue weighted by Crippen LogP contribution is 2.20. The lowest BCUT2D eigenvalue weighted by molar-refractivity contribution is -0.121. The molecule has 1 amide bonds. The minimum atomic E-state index is 0.00819. The number of carbonyl (C=O) groups excluding carboxylic acids is 1. The molecule has 3 aromatic heterocycles. The van der Waals surface area contributed by atoms with Gasteiger partial charge in [0.2, 0.25) is 5.91 Å². The predicted octanol–water partition coefficient (Wildman–Crippen LogP) is 3.36. The van der Waals surface area contributed by atoms with E-state index in [0.717, 1.165) is 6.42 Å². The lowest BCUT2D eigenvalue weighted by Crippen LogP contribution is -2.24. The van der Waals surface area contributed by atoms with E-state index in [-0.39, 0.29) is 5.91 Å².